The number of rotatable bonds is 11. The first-order chi connectivity index (χ1) is 16.7. The molecular formula is C32H36O2. The van der Waals surface area contributed by atoms with E-state index < -0.39 is 5.60 Å². The van der Waals surface area contributed by atoms with Gasteiger partial charge in [-0.15, -0.1) is 0 Å². The Hall–Kier alpha value is -3.10. The van der Waals surface area contributed by atoms with Crippen LogP contribution in [-0.2, 0) is 10.3 Å². The average Bonchev–Trinajstić information content (AvgIpc) is 2.90. The number of benzene rings is 3. The maximum atomic E-state index is 6.55. The SMILES string of the molecule is CCCCOc1ccc(C2=CCC(OCCCC)(c3ccc(-c4ccccc4)cc3)C=C2)cc1. The van der Waals surface area contributed by atoms with E-state index >= 15 is 0 Å². The number of hydrogen-bond acceptors (Lipinski definition) is 2. The van der Waals surface area contributed by atoms with Gasteiger partial charge >= 0.3 is 0 Å². The van der Waals surface area contributed by atoms with Crippen LogP contribution < -0.4 is 4.74 Å². The molecule has 0 aliphatic heterocycles. The van der Waals surface area contributed by atoms with E-state index in [0.29, 0.717) is 0 Å². The molecule has 0 amide bonds. The summed E-state index contributed by atoms with van der Waals surface area (Å²) in [6.45, 7) is 5.92. The fourth-order valence-corrected chi connectivity index (χ4v) is 4.29. The van der Waals surface area contributed by atoms with Gasteiger partial charge in [-0.05, 0) is 58.9 Å². The summed E-state index contributed by atoms with van der Waals surface area (Å²) in [5.41, 5.74) is 5.69. The van der Waals surface area contributed by atoms with Crippen molar-refractivity contribution in [1.29, 1.82) is 0 Å². The van der Waals surface area contributed by atoms with Gasteiger partial charge in [-0.25, -0.2) is 0 Å². The largest absolute Gasteiger partial charge is 0.494 e. The molecule has 176 valence electrons. The maximum absolute atomic E-state index is 6.55. The summed E-state index contributed by atoms with van der Waals surface area (Å²) in [5.74, 6) is 0.938. The van der Waals surface area contributed by atoms with Gasteiger partial charge in [-0.3, -0.25) is 0 Å². The maximum Gasteiger partial charge on any atom is 0.119 e. The molecule has 0 bridgehead atoms. The molecular weight excluding hydrogens is 416 g/mol. The zero-order chi connectivity index (χ0) is 23.6. The first kappa shape index (κ1) is 24.0. The highest BCUT2D eigenvalue weighted by Gasteiger charge is 2.31. The molecule has 1 aliphatic carbocycles. The number of allylic oxidation sites excluding steroid dienone is 2. The van der Waals surface area contributed by atoms with Crippen molar-refractivity contribution in [2.24, 2.45) is 0 Å². The topological polar surface area (TPSA) is 18.5 Å². The van der Waals surface area contributed by atoms with Crippen LogP contribution >= 0.6 is 0 Å². The molecule has 0 N–H and O–H groups in total. The van der Waals surface area contributed by atoms with E-state index in [0.717, 1.165) is 51.1 Å². The Kier molecular flexibility index (Phi) is 8.38. The van der Waals surface area contributed by atoms with Crippen LogP contribution in [0.5, 0.6) is 5.75 Å². The normalized spacial score (nSPS) is 17.4. The third kappa shape index (κ3) is 5.87. The van der Waals surface area contributed by atoms with Crippen molar-refractivity contribution in [1.82, 2.24) is 0 Å². The predicted octanol–water partition coefficient (Wildman–Crippen LogP) is 8.59. The molecule has 0 aromatic heterocycles. The van der Waals surface area contributed by atoms with Gasteiger partial charge in [0.25, 0.3) is 0 Å². The standard InChI is InChI=1S/C32H36O2/c1-3-5-24-33-31-18-14-28(15-19-31)29-20-22-32(23-21-29,34-25-6-4-2)30-16-12-27(13-17-30)26-10-8-7-9-11-26/h7-22H,3-6,23-25H2,1-2H3. The fraction of sp³-hybridized carbons (Fsp3) is 0.312. The lowest BCUT2D eigenvalue weighted by Crippen LogP contribution is -2.29. The second kappa shape index (κ2) is 11.9. The number of hydrogen-bond donors (Lipinski definition) is 0. The van der Waals surface area contributed by atoms with Gasteiger partial charge in [-0.2, -0.15) is 0 Å². The van der Waals surface area contributed by atoms with Crippen molar-refractivity contribution in [3.8, 4) is 16.9 Å². The van der Waals surface area contributed by atoms with Crippen LogP contribution in [-0.4, -0.2) is 13.2 Å². The molecule has 1 atom stereocenters. The van der Waals surface area contributed by atoms with Crippen LogP contribution in [0.2, 0.25) is 0 Å². The quantitative estimate of drug-likeness (QED) is 0.271. The van der Waals surface area contributed by atoms with Gasteiger partial charge in [0.2, 0.25) is 0 Å². The van der Waals surface area contributed by atoms with Crippen molar-refractivity contribution < 1.29 is 9.47 Å². The van der Waals surface area contributed by atoms with Gasteiger partial charge in [0, 0.05) is 13.0 Å². The van der Waals surface area contributed by atoms with Crippen LogP contribution in [0.4, 0.5) is 0 Å². The van der Waals surface area contributed by atoms with Gasteiger partial charge in [0.05, 0.1) is 6.61 Å². The molecule has 1 unspecified atom stereocenters. The average molecular weight is 453 g/mol. The molecule has 2 heteroatoms. The number of ether oxygens (including phenoxy) is 2. The Morgan fingerprint density at radius 3 is 2.00 bits per heavy atom. The van der Waals surface area contributed by atoms with E-state index in [2.05, 4.69) is 111 Å². The van der Waals surface area contributed by atoms with E-state index in [1.807, 2.05) is 0 Å². The Morgan fingerprint density at radius 1 is 0.706 bits per heavy atom. The second-order valence-corrected chi connectivity index (χ2v) is 8.96. The van der Waals surface area contributed by atoms with Crippen molar-refractivity contribution >= 4 is 5.57 Å². The van der Waals surface area contributed by atoms with E-state index in [9.17, 15) is 0 Å². The molecule has 0 heterocycles. The van der Waals surface area contributed by atoms with E-state index in [4.69, 9.17) is 9.47 Å². The van der Waals surface area contributed by atoms with E-state index in [1.165, 1.54) is 27.8 Å². The highest BCUT2D eigenvalue weighted by Crippen LogP contribution is 2.39. The molecule has 3 aromatic carbocycles. The Balaban J connectivity index is 1.52. The first-order valence-electron chi connectivity index (χ1n) is 12.7. The van der Waals surface area contributed by atoms with Gasteiger partial charge < -0.3 is 9.47 Å². The summed E-state index contributed by atoms with van der Waals surface area (Å²) in [7, 11) is 0. The Labute approximate surface area is 204 Å². The lowest BCUT2D eigenvalue weighted by molar-refractivity contribution is -0.0123. The predicted molar refractivity (Wildman–Crippen MR) is 143 cm³/mol. The van der Waals surface area contributed by atoms with Crippen LogP contribution in [0.1, 0.15) is 57.1 Å². The first-order valence-corrected chi connectivity index (χ1v) is 12.7. The minimum absolute atomic E-state index is 0.420. The molecule has 0 saturated carbocycles. The summed E-state index contributed by atoms with van der Waals surface area (Å²) in [6, 6.07) is 27.8. The summed E-state index contributed by atoms with van der Waals surface area (Å²) in [4.78, 5) is 0. The van der Waals surface area contributed by atoms with Crippen molar-refractivity contribution in [3.05, 3.63) is 108 Å². The molecule has 1 aliphatic rings. The summed E-state index contributed by atoms with van der Waals surface area (Å²) < 4.78 is 12.4. The minimum Gasteiger partial charge on any atom is -0.494 e. The van der Waals surface area contributed by atoms with Crippen LogP contribution in [0.25, 0.3) is 16.7 Å². The fourth-order valence-electron chi connectivity index (χ4n) is 4.29. The molecule has 2 nitrogen and oxygen atoms in total. The van der Waals surface area contributed by atoms with Crippen LogP contribution in [0.3, 0.4) is 0 Å². The zero-order valence-electron chi connectivity index (χ0n) is 20.5. The molecule has 0 spiro atoms. The Morgan fingerprint density at radius 2 is 1.35 bits per heavy atom. The third-order valence-electron chi connectivity index (χ3n) is 6.45. The van der Waals surface area contributed by atoms with Gasteiger partial charge in [0.1, 0.15) is 11.4 Å². The Bertz CT molecular complexity index is 1080. The highest BCUT2D eigenvalue weighted by atomic mass is 16.5. The van der Waals surface area contributed by atoms with E-state index in [-0.39, 0.29) is 0 Å². The summed E-state index contributed by atoms with van der Waals surface area (Å²) in [6.07, 6.45) is 12.0. The number of unbranched alkanes of at least 4 members (excludes halogenated alkanes) is 2. The second-order valence-electron chi connectivity index (χ2n) is 8.96. The van der Waals surface area contributed by atoms with Crippen molar-refractivity contribution in [2.45, 2.75) is 51.6 Å². The molecule has 34 heavy (non-hydrogen) atoms. The molecule has 0 fully saturated rings. The smallest absolute Gasteiger partial charge is 0.119 e. The van der Waals surface area contributed by atoms with Crippen LogP contribution in [0, 0.1) is 0 Å². The molecule has 4 rings (SSSR count). The molecule has 3 aromatic rings. The monoisotopic (exact) mass is 452 g/mol. The van der Waals surface area contributed by atoms with Crippen molar-refractivity contribution in [3.63, 3.8) is 0 Å². The van der Waals surface area contributed by atoms with Crippen LogP contribution in [0.15, 0.2) is 97.1 Å². The third-order valence-corrected chi connectivity index (χ3v) is 6.45. The van der Waals surface area contributed by atoms with Gasteiger partial charge in [0.15, 0.2) is 0 Å². The highest BCUT2D eigenvalue weighted by molar-refractivity contribution is 5.76. The lowest BCUT2D eigenvalue weighted by atomic mass is 9.83. The zero-order valence-corrected chi connectivity index (χ0v) is 20.5. The summed E-state index contributed by atoms with van der Waals surface area (Å²) in [5, 5.41) is 0. The summed E-state index contributed by atoms with van der Waals surface area (Å²) >= 11 is 0. The lowest BCUT2D eigenvalue weighted by Gasteiger charge is -2.33. The molecule has 0 radical (unpaired) electrons. The van der Waals surface area contributed by atoms with E-state index in [1.54, 1.807) is 0 Å². The van der Waals surface area contributed by atoms with Gasteiger partial charge in [-0.1, -0.05) is 106 Å². The molecule has 0 saturated heterocycles. The minimum atomic E-state index is -0.420. The van der Waals surface area contributed by atoms with Crippen molar-refractivity contribution in [2.75, 3.05) is 13.2 Å².